The summed E-state index contributed by atoms with van der Waals surface area (Å²) in [6, 6.07) is 5.57. The highest BCUT2D eigenvalue weighted by atomic mass is 16.5. The van der Waals surface area contributed by atoms with Crippen molar-refractivity contribution in [3.8, 4) is 12.3 Å². The lowest BCUT2D eigenvalue weighted by Crippen LogP contribution is -2.18. The van der Waals surface area contributed by atoms with E-state index in [9.17, 15) is 4.79 Å². The van der Waals surface area contributed by atoms with E-state index in [1.165, 1.54) is 17.5 Å². The van der Waals surface area contributed by atoms with Crippen LogP contribution in [0, 0.1) is 12.3 Å². The third-order valence-corrected chi connectivity index (χ3v) is 2.74. The standard InChI is InChI=1S/C10H11NO2.C4H7N/c12-10(11-13)9-5-4-7-2-1-3-8(7)6-9;1-3-4-5-2/h4-6,13H,1-3H2,(H,11,12);1,5H,4H2,2H3. The summed E-state index contributed by atoms with van der Waals surface area (Å²) < 4.78 is 0. The van der Waals surface area contributed by atoms with Crippen molar-refractivity contribution in [3.05, 3.63) is 34.9 Å². The molecule has 1 aromatic rings. The van der Waals surface area contributed by atoms with Gasteiger partial charge < -0.3 is 5.32 Å². The zero-order chi connectivity index (χ0) is 13.4. The molecule has 0 saturated heterocycles. The zero-order valence-corrected chi connectivity index (χ0v) is 10.5. The Morgan fingerprint density at radius 3 is 2.72 bits per heavy atom. The number of hydrogen-bond donors (Lipinski definition) is 3. The summed E-state index contributed by atoms with van der Waals surface area (Å²) in [6.07, 6.45) is 8.14. The molecular weight excluding hydrogens is 228 g/mol. The predicted octanol–water partition coefficient (Wildman–Crippen LogP) is 1.13. The van der Waals surface area contributed by atoms with Gasteiger partial charge in [0.15, 0.2) is 0 Å². The number of benzene rings is 1. The van der Waals surface area contributed by atoms with Crippen molar-refractivity contribution in [2.45, 2.75) is 19.3 Å². The van der Waals surface area contributed by atoms with Crippen LogP contribution in [-0.2, 0) is 12.8 Å². The maximum atomic E-state index is 11.1. The number of nitrogens with one attached hydrogen (secondary N) is 2. The number of carbonyl (C=O) groups excluding carboxylic acids is 1. The van der Waals surface area contributed by atoms with Gasteiger partial charge in [0.25, 0.3) is 5.91 Å². The molecule has 3 N–H and O–H groups in total. The summed E-state index contributed by atoms with van der Waals surface area (Å²) in [5.74, 6) is 1.97. The van der Waals surface area contributed by atoms with E-state index in [0.717, 1.165) is 12.8 Å². The monoisotopic (exact) mass is 246 g/mol. The molecule has 0 heterocycles. The fourth-order valence-corrected chi connectivity index (χ4v) is 1.88. The van der Waals surface area contributed by atoms with Crippen LogP contribution in [0.1, 0.15) is 27.9 Å². The van der Waals surface area contributed by atoms with Gasteiger partial charge in [-0.15, -0.1) is 6.42 Å². The van der Waals surface area contributed by atoms with Crippen molar-refractivity contribution in [2.75, 3.05) is 13.6 Å². The molecule has 0 radical (unpaired) electrons. The maximum absolute atomic E-state index is 11.1. The quantitative estimate of drug-likeness (QED) is 0.416. The average molecular weight is 246 g/mol. The second-order valence-electron chi connectivity index (χ2n) is 4.01. The Morgan fingerprint density at radius 1 is 1.44 bits per heavy atom. The first-order valence-corrected chi connectivity index (χ1v) is 5.87. The Bertz CT molecular complexity index is 450. The Morgan fingerprint density at radius 2 is 2.17 bits per heavy atom. The highest BCUT2D eigenvalue weighted by molar-refractivity contribution is 5.93. The number of carbonyl (C=O) groups is 1. The second-order valence-corrected chi connectivity index (χ2v) is 4.01. The van der Waals surface area contributed by atoms with Crippen molar-refractivity contribution in [2.24, 2.45) is 0 Å². The number of hydroxylamine groups is 1. The van der Waals surface area contributed by atoms with E-state index in [-0.39, 0.29) is 0 Å². The van der Waals surface area contributed by atoms with E-state index < -0.39 is 5.91 Å². The maximum Gasteiger partial charge on any atom is 0.274 e. The van der Waals surface area contributed by atoms with E-state index in [2.05, 4.69) is 11.2 Å². The van der Waals surface area contributed by atoms with E-state index in [1.807, 2.05) is 19.2 Å². The van der Waals surface area contributed by atoms with Gasteiger partial charge in [0.2, 0.25) is 0 Å². The highest BCUT2D eigenvalue weighted by Crippen LogP contribution is 2.22. The van der Waals surface area contributed by atoms with Crippen molar-refractivity contribution in [3.63, 3.8) is 0 Å². The van der Waals surface area contributed by atoms with Crippen LogP contribution >= 0.6 is 0 Å². The molecule has 1 aromatic carbocycles. The molecule has 2 rings (SSSR count). The molecule has 0 aromatic heterocycles. The minimum Gasteiger partial charge on any atom is -0.309 e. The smallest absolute Gasteiger partial charge is 0.274 e. The van der Waals surface area contributed by atoms with Crippen LogP contribution in [0.5, 0.6) is 0 Å². The zero-order valence-electron chi connectivity index (χ0n) is 10.5. The van der Waals surface area contributed by atoms with Crippen molar-refractivity contribution in [1.82, 2.24) is 10.8 Å². The summed E-state index contributed by atoms with van der Waals surface area (Å²) in [6.45, 7) is 0.667. The molecule has 1 aliphatic carbocycles. The SMILES string of the molecule is C#CCNC.O=C(NO)c1ccc2c(c1)CCC2. The molecule has 96 valence electrons. The van der Waals surface area contributed by atoms with Crippen LogP contribution in [0.15, 0.2) is 18.2 Å². The van der Waals surface area contributed by atoms with Gasteiger partial charge >= 0.3 is 0 Å². The molecule has 4 heteroatoms. The molecule has 18 heavy (non-hydrogen) atoms. The summed E-state index contributed by atoms with van der Waals surface area (Å²) >= 11 is 0. The highest BCUT2D eigenvalue weighted by Gasteiger charge is 2.13. The summed E-state index contributed by atoms with van der Waals surface area (Å²) in [4.78, 5) is 11.1. The Labute approximate surface area is 107 Å². The number of rotatable bonds is 2. The molecular formula is C14H18N2O2. The van der Waals surface area contributed by atoms with Crippen LogP contribution in [0.2, 0.25) is 0 Å². The average Bonchev–Trinajstić information content (AvgIpc) is 2.86. The minimum absolute atomic E-state index is 0.435. The second kappa shape index (κ2) is 7.49. The number of terminal acetylenes is 1. The van der Waals surface area contributed by atoms with Gasteiger partial charge in [0.1, 0.15) is 0 Å². The molecule has 0 atom stereocenters. The molecule has 1 aliphatic rings. The number of hydrogen-bond acceptors (Lipinski definition) is 3. The normalized spacial score (nSPS) is 11.8. The van der Waals surface area contributed by atoms with Crippen molar-refractivity contribution < 1.29 is 10.0 Å². The molecule has 0 aliphatic heterocycles. The molecule has 0 bridgehead atoms. The van der Waals surface area contributed by atoms with Gasteiger partial charge in [0, 0.05) is 5.56 Å². The van der Waals surface area contributed by atoms with E-state index in [4.69, 9.17) is 11.6 Å². The van der Waals surface area contributed by atoms with Crippen LogP contribution in [0.4, 0.5) is 0 Å². The Hall–Kier alpha value is -1.83. The lowest BCUT2D eigenvalue weighted by atomic mass is 10.1. The third-order valence-electron chi connectivity index (χ3n) is 2.74. The molecule has 4 nitrogen and oxygen atoms in total. The van der Waals surface area contributed by atoms with Gasteiger partial charge in [-0.25, -0.2) is 5.48 Å². The van der Waals surface area contributed by atoms with Gasteiger partial charge in [-0.3, -0.25) is 10.0 Å². The fourth-order valence-electron chi connectivity index (χ4n) is 1.88. The first-order valence-electron chi connectivity index (χ1n) is 5.87. The summed E-state index contributed by atoms with van der Waals surface area (Å²) in [7, 11) is 1.82. The van der Waals surface area contributed by atoms with Gasteiger partial charge in [-0.05, 0) is 49.6 Å². The summed E-state index contributed by atoms with van der Waals surface area (Å²) in [5.41, 5.74) is 4.73. The van der Waals surface area contributed by atoms with Gasteiger partial charge in [-0.1, -0.05) is 12.0 Å². The topological polar surface area (TPSA) is 61.4 Å². The number of amides is 1. The van der Waals surface area contributed by atoms with Crippen LogP contribution in [-0.4, -0.2) is 24.7 Å². The molecule has 0 spiro atoms. The predicted molar refractivity (Wildman–Crippen MR) is 70.5 cm³/mol. The van der Waals surface area contributed by atoms with E-state index in [1.54, 1.807) is 11.5 Å². The largest absolute Gasteiger partial charge is 0.309 e. The third kappa shape index (κ3) is 3.88. The molecule has 0 fully saturated rings. The van der Waals surface area contributed by atoms with Crippen LogP contribution in [0.3, 0.4) is 0 Å². The molecule has 1 amide bonds. The first kappa shape index (κ1) is 14.2. The number of fused-ring (bicyclic) bond motifs is 1. The van der Waals surface area contributed by atoms with Gasteiger partial charge in [0.05, 0.1) is 6.54 Å². The van der Waals surface area contributed by atoms with Crippen LogP contribution in [0.25, 0.3) is 0 Å². The fraction of sp³-hybridized carbons (Fsp3) is 0.357. The lowest BCUT2D eigenvalue weighted by molar-refractivity contribution is 0.0706. The lowest BCUT2D eigenvalue weighted by Gasteiger charge is -2.02. The first-order chi connectivity index (χ1) is 8.72. The molecule has 0 saturated carbocycles. The van der Waals surface area contributed by atoms with E-state index in [0.29, 0.717) is 12.1 Å². The molecule has 0 unspecified atom stereocenters. The minimum atomic E-state index is -0.435. The summed E-state index contributed by atoms with van der Waals surface area (Å²) in [5, 5.41) is 11.2. The Balaban J connectivity index is 0.000000280. The Kier molecular flexibility index (Phi) is 5.92. The van der Waals surface area contributed by atoms with Crippen molar-refractivity contribution >= 4 is 5.91 Å². The van der Waals surface area contributed by atoms with Crippen molar-refractivity contribution in [1.29, 1.82) is 0 Å². The van der Waals surface area contributed by atoms with E-state index >= 15 is 0 Å². The van der Waals surface area contributed by atoms with Gasteiger partial charge in [-0.2, -0.15) is 0 Å². The number of aryl methyl sites for hydroxylation is 2. The van der Waals surface area contributed by atoms with Crippen LogP contribution < -0.4 is 10.8 Å².